The molecule has 1 saturated heterocycles. The van der Waals surface area contributed by atoms with Crippen LogP contribution in [0.1, 0.15) is 37.3 Å². The van der Waals surface area contributed by atoms with Gasteiger partial charge in [0.2, 0.25) is 11.8 Å². The van der Waals surface area contributed by atoms with Crippen molar-refractivity contribution in [2.45, 2.75) is 43.9 Å². The SMILES string of the molecule is CN1CC[C@@]2(CCC1=O)C[C@H](NC(=O)Cn1cncn1)c1ccccc1O2. The van der Waals surface area contributed by atoms with Crippen molar-refractivity contribution in [3.63, 3.8) is 0 Å². The number of fused-ring (bicyclic) bond motifs is 1. The van der Waals surface area contributed by atoms with E-state index in [-0.39, 0.29) is 24.4 Å². The molecule has 0 radical (unpaired) electrons. The van der Waals surface area contributed by atoms with Crippen LogP contribution in [0.4, 0.5) is 0 Å². The quantitative estimate of drug-likeness (QED) is 0.881. The van der Waals surface area contributed by atoms with Crippen LogP contribution in [0.25, 0.3) is 0 Å². The van der Waals surface area contributed by atoms with Crippen LogP contribution in [0.3, 0.4) is 0 Å². The number of nitrogens with zero attached hydrogens (tertiary/aromatic N) is 4. The van der Waals surface area contributed by atoms with Crippen molar-refractivity contribution >= 4 is 11.8 Å². The molecular weight excluding hydrogens is 346 g/mol. The number of benzene rings is 1. The minimum atomic E-state index is -0.444. The lowest BCUT2D eigenvalue weighted by Crippen LogP contribution is -2.46. The molecule has 8 heteroatoms. The Balaban J connectivity index is 1.56. The second kappa shape index (κ2) is 7.02. The molecule has 1 N–H and O–H groups in total. The monoisotopic (exact) mass is 369 g/mol. The summed E-state index contributed by atoms with van der Waals surface area (Å²) in [6.45, 7) is 0.772. The van der Waals surface area contributed by atoms with Crippen LogP contribution in [-0.2, 0) is 16.1 Å². The van der Waals surface area contributed by atoms with Gasteiger partial charge in [-0.3, -0.25) is 9.59 Å². The van der Waals surface area contributed by atoms with E-state index in [4.69, 9.17) is 4.74 Å². The van der Waals surface area contributed by atoms with E-state index in [0.29, 0.717) is 25.8 Å². The molecular formula is C19H23N5O3. The van der Waals surface area contributed by atoms with Crippen molar-refractivity contribution in [3.8, 4) is 5.75 Å². The average molecular weight is 369 g/mol. The van der Waals surface area contributed by atoms with Gasteiger partial charge in [-0.15, -0.1) is 0 Å². The highest BCUT2D eigenvalue weighted by Crippen LogP contribution is 2.44. The molecule has 2 aliphatic rings. The number of para-hydroxylation sites is 1. The maximum atomic E-state index is 12.5. The number of rotatable bonds is 3. The van der Waals surface area contributed by atoms with Crippen molar-refractivity contribution in [2.24, 2.45) is 0 Å². The smallest absolute Gasteiger partial charge is 0.242 e. The fourth-order valence-electron chi connectivity index (χ4n) is 3.90. The summed E-state index contributed by atoms with van der Waals surface area (Å²) < 4.78 is 7.89. The minimum absolute atomic E-state index is 0.119. The van der Waals surface area contributed by atoms with Crippen molar-refractivity contribution in [3.05, 3.63) is 42.5 Å². The molecule has 0 unspecified atom stereocenters. The molecule has 8 nitrogen and oxygen atoms in total. The van der Waals surface area contributed by atoms with Crippen LogP contribution in [0.15, 0.2) is 36.9 Å². The van der Waals surface area contributed by atoms with E-state index in [1.54, 1.807) is 4.90 Å². The van der Waals surface area contributed by atoms with E-state index in [9.17, 15) is 9.59 Å². The van der Waals surface area contributed by atoms with Crippen molar-refractivity contribution in [1.82, 2.24) is 25.0 Å². The van der Waals surface area contributed by atoms with Crippen molar-refractivity contribution < 1.29 is 14.3 Å². The first kappa shape index (κ1) is 17.5. The van der Waals surface area contributed by atoms with E-state index in [1.807, 2.05) is 31.3 Å². The van der Waals surface area contributed by atoms with Gasteiger partial charge in [-0.1, -0.05) is 18.2 Å². The number of hydrogen-bond donors (Lipinski definition) is 1. The predicted octanol–water partition coefficient (Wildman–Crippen LogP) is 1.30. The van der Waals surface area contributed by atoms with Crippen LogP contribution in [-0.4, -0.2) is 50.7 Å². The third-order valence-electron chi connectivity index (χ3n) is 5.43. The van der Waals surface area contributed by atoms with Crippen LogP contribution in [0, 0.1) is 0 Å². The molecule has 1 aromatic heterocycles. The standard InChI is InChI=1S/C19H23N5O3/c1-23-9-8-19(7-6-18(23)26)10-15(14-4-2-3-5-16(14)27-19)22-17(25)11-24-13-20-12-21-24/h2-5,12-13,15H,6-11H2,1H3,(H,22,25)/t15-,19-/m0/s1. The second-order valence-corrected chi connectivity index (χ2v) is 7.31. The number of nitrogens with one attached hydrogen (secondary N) is 1. The van der Waals surface area contributed by atoms with Crippen LogP contribution >= 0.6 is 0 Å². The summed E-state index contributed by atoms with van der Waals surface area (Å²) in [4.78, 5) is 30.3. The predicted molar refractivity (Wildman–Crippen MR) is 96.8 cm³/mol. The fourth-order valence-corrected chi connectivity index (χ4v) is 3.90. The normalized spacial score (nSPS) is 24.9. The third kappa shape index (κ3) is 3.65. The number of amides is 2. The first-order valence-corrected chi connectivity index (χ1v) is 9.18. The summed E-state index contributed by atoms with van der Waals surface area (Å²) in [5.74, 6) is 0.798. The lowest BCUT2D eigenvalue weighted by Gasteiger charge is -2.42. The van der Waals surface area contributed by atoms with Gasteiger partial charge in [0, 0.05) is 38.4 Å². The lowest BCUT2D eigenvalue weighted by molar-refractivity contribution is -0.129. The van der Waals surface area contributed by atoms with E-state index < -0.39 is 5.60 Å². The molecule has 1 aromatic carbocycles. The lowest BCUT2D eigenvalue weighted by atomic mass is 9.82. The largest absolute Gasteiger partial charge is 0.487 e. The first-order chi connectivity index (χ1) is 13.0. The summed E-state index contributed by atoms with van der Waals surface area (Å²) in [6.07, 6.45) is 5.43. The molecule has 1 spiro atoms. The maximum absolute atomic E-state index is 12.5. The Bertz CT molecular complexity index is 838. The molecule has 2 atom stereocenters. The zero-order chi connectivity index (χ0) is 18.9. The number of carbonyl (C=O) groups is 2. The van der Waals surface area contributed by atoms with Crippen LogP contribution < -0.4 is 10.1 Å². The highest BCUT2D eigenvalue weighted by molar-refractivity contribution is 5.77. The van der Waals surface area contributed by atoms with Crippen LogP contribution in [0.5, 0.6) is 5.75 Å². The van der Waals surface area contributed by atoms with Gasteiger partial charge in [0.05, 0.1) is 6.04 Å². The van der Waals surface area contributed by atoms with Gasteiger partial charge in [0.15, 0.2) is 0 Å². The minimum Gasteiger partial charge on any atom is -0.487 e. The summed E-state index contributed by atoms with van der Waals surface area (Å²) in [6, 6.07) is 7.63. The summed E-state index contributed by atoms with van der Waals surface area (Å²) >= 11 is 0. The molecule has 2 amide bonds. The fraction of sp³-hybridized carbons (Fsp3) is 0.474. The molecule has 0 aliphatic carbocycles. The number of aromatic nitrogens is 3. The molecule has 3 heterocycles. The van der Waals surface area contributed by atoms with Gasteiger partial charge in [-0.05, 0) is 12.5 Å². The number of hydrogen-bond acceptors (Lipinski definition) is 5. The van der Waals surface area contributed by atoms with Gasteiger partial charge < -0.3 is 15.0 Å². The Morgan fingerprint density at radius 1 is 1.37 bits per heavy atom. The third-order valence-corrected chi connectivity index (χ3v) is 5.43. The topological polar surface area (TPSA) is 89.4 Å². The average Bonchev–Trinajstić information content (AvgIpc) is 3.12. The molecule has 0 saturated carbocycles. The van der Waals surface area contributed by atoms with Gasteiger partial charge in [0.1, 0.15) is 30.5 Å². The molecule has 4 rings (SSSR count). The second-order valence-electron chi connectivity index (χ2n) is 7.31. The zero-order valence-electron chi connectivity index (χ0n) is 15.3. The summed E-state index contributed by atoms with van der Waals surface area (Å²) in [5, 5.41) is 7.10. The number of likely N-dealkylation sites (tertiary alicyclic amines) is 1. The van der Waals surface area contributed by atoms with Crippen molar-refractivity contribution in [2.75, 3.05) is 13.6 Å². The van der Waals surface area contributed by atoms with E-state index in [1.165, 1.54) is 17.3 Å². The van der Waals surface area contributed by atoms with Gasteiger partial charge in [-0.25, -0.2) is 9.67 Å². The summed E-state index contributed by atoms with van der Waals surface area (Å²) in [7, 11) is 1.83. The van der Waals surface area contributed by atoms with Crippen molar-refractivity contribution in [1.29, 1.82) is 0 Å². The Morgan fingerprint density at radius 2 is 2.22 bits per heavy atom. The highest BCUT2D eigenvalue weighted by Gasteiger charge is 2.43. The van der Waals surface area contributed by atoms with E-state index in [0.717, 1.165) is 17.7 Å². The van der Waals surface area contributed by atoms with Gasteiger partial charge in [0.25, 0.3) is 0 Å². The van der Waals surface area contributed by atoms with Gasteiger partial charge >= 0.3 is 0 Å². The first-order valence-electron chi connectivity index (χ1n) is 9.18. The van der Waals surface area contributed by atoms with Gasteiger partial charge in [-0.2, -0.15) is 5.10 Å². The number of carbonyl (C=O) groups excluding carboxylic acids is 2. The van der Waals surface area contributed by atoms with E-state index in [2.05, 4.69) is 15.4 Å². The van der Waals surface area contributed by atoms with E-state index >= 15 is 0 Å². The maximum Gasteiger partial charge on any atom is 0.242 e. The molecule has 0 bridgehead atoms. The molecule has 2 aliphatic heterocycles. The zero-order valence-corrected chi connectivity index (χ0v) is 15.3. The highest BCUT2D eigenvalue weighted by atomic mass is 16.5. The Morgan fingerprint density at radius 3 is 3.04 bits per heavy atom. The molecule has 1 fully saturated rings. The molecule has 142 valence electrons. The Kier molecular flexibility index (Phi) is 4.55. The molecule has 2 aromatic rings. The Hall–Kier alpha value is -2.90. The van der Waals surface area contributed by atoms with Crippen LogP contribution in [0.2, 0.25) is 0 Å². The Labute approximate surface area is 157 Å². The summed E-state index contributed by atoms with van der Waals surface area (Å²) in [5.41, 5.74) is 0.527. The molecule has 27 heavy (non-hydrogen) atoms. The number of ether oxygens (including phenoxy) is 1.